The molecule has 59 heavy (non-hydrogen) atoms. The van der Waals surface area contributed by atoms with Gasteiger partial charge in [0.25, 0.3) is 0 Å². The molecule has 320 valence electrons. The number of aliphatic carboxylic acids is 1. The quantitative estimate of drug-likeness (QED) is 0.130. The highest BCUT2D eigenvalue weighted by Crippen LogP contribution is 2.58. The summed E-state index contributed by atoms with van der Waals surface area (Å²) in [6.07, 6.45) is 7.42. The van der Waals surface area contributed by atoms with Gasteiger partial charge in [-0.05, 0) is 99.4 Å². The predicted octanol–water partition coefficient (Wildman–Crippen LogP) is 7.43. The Labute approximate surface area is 349 Å². The van der Waals surface area contributed by atoms with Gasteiger partial charge in [-0.3, -0.25) is 19.2 Å². The molecule has 3 unspecified atom stereocenters. The Hall–Kier alpha value is -4.32. The summed E-state index contributed by atoms with van der Waals surface area (Å²) in [6.45, 7) is 13.6. The summed E-state index contributed by atoms with van der Waals surface area (Å²) in [4.78, 5) is 64.2. The monoisotopic (exact) mass is 811 g/mol. The van der Waals surface area contributed by atoms with Crippen LogP contribution in [0.5, 0.6) is 11.5 Å². The van der Waals surface area contributed by atoms with Gasteiger partial charge in [-0.15, -0.1) is 0 Å². The Morgan fingerprint density at radius 3 is 2.42 bits per heavy atom. The lowest BCUT2D eigenvalue weighted by Crippen LogP contribution is -2.48. The van der Waals surface area contributed by atoms with E-state index in [4.69, 9.17) is 19.6 Å². The van der Waals surface area contributed by atoms with E-state index in [1.807, 2.05) is 78.3 Å². The highest BCUT2D eigenvalue weighted by molar-refractivity contribution is 5.96. The number of ketones is 2. The van der Waals surface area contributed by atoms with Crippen molar-refractivity contribution in [3.63, 3.8) is 0 Å². The van der Waals surface area contributed by atoms with Gasteiger partial charge in [0.05, 0.1) is 29.2 Å². The van der Waals surface area contributed by atoms with Gasteiger partial charge in [-0.1, -0.05) is 48.0 Å². The number of nitrogens with zero attached hydrogens (tertiary/aromatic N) is 5. The Kier molecular flexibility index (Phi) is 12.3. The molecule has 3 heterocycles. The number of rotatable bonds is 19. The second-order valence-corrected chi connectivity index (χ2v) is 20.0. The lowest BCUT2D eigenvalue weighted by molar-refractivity contribution is -0.149. The van der Waals surface area contributed by atoms with Crippen molar-refractivity contribution in [3.05, 3.63) is 42.2 Å². The maximum absolute atomic E-state index is 14.9. The minimum atomic E-state index is -1.11. The number of aromatic nitrogens is 3. The first-order chi connectivity index (χ1) is 27.9. The number of likely N-dealkylation sites (N-methyl/N-ethyl adjacent to an activating group) is 1. The van der Waals surface area contributed by atoms with Crippen molar-refractivity contribution in [2.45, 2.75) is 118 Å². The fourth-order valence-electron chi connectivity index (χ4n) is 9.94. The van der Waals surface area contributed by atoms with Crippen molar-refractivity contribution >= 4 is 34.3 Å². The first kappa shape index (κ1) is 42.8. The number of carbonyl (C=O) groups excluding carboxylic acids is 3. The molecule has 0 radical (unpaired) electrons. The molecule has 1 saturated heterocycles. The van der Waals surface area contributed by atoms with Crippen LogP contribution in [0.2, 0.25) is 0 Å². The van der Waals surface area contributed by atoms with Crippen LogP contribution in [0.25, 0.3) is 16.7 Å². The summed E-state index contributed by atoms with van der Waals surface area (Å²) in [5, 5.41) is 15.9. The van der Waals surface area contributed by atoms with Gasteiger partial charge in [0, 0.05) is 61.9 Å². The molecule has 3 aliphatic carbocycles. The molecular weight excluding hydrogens is 747 g/mol. The number of carboxylic acid groups (broad SMARTS) is 1. The maximum Gasteiger partial charge on any atom is 0.310 e. The summed E-state index contributed by atoms with van der Waals surface area (Å²) >= 11 is 0. The number of benzene rings is 1. The highest BCUT2D eigenvalue weighted by atomic mass is 16.5. The zero-order valence-corrected chi connectivity index (χ0v) is 36.4. The average Bonchev–Trinajstić information content (AvgIpc) is 3.83. The van der Waals surface area contributed by atoms with Gasteiger partial charge in [0.15, 0.2) is 11.6 Å². The SMILES string of the molecule is CC[C@@H]1C[C@]1(CC(=O)[C@@H]1CC(Oc2cc(-n3ccc(CC(C)C)n3)nc3cc(OCCN(C)C)ccc23)CN1C(=O)[C@@H](CC(=O)CC1CC2C[C@H]2C1)C(C)(C)C)C(=O)O. The number of likely N-dealkylation sites (tertiary alicyclic amines) is 1. The molecule has 7 rings (SSSR count). The number of pyridine rings is 1. The molecule has 0 spiro atoms. The summed E-state index contributed by atoms with van der Waals surface area (Å²) in [5.41, 5.74) is -0.0675. The molecule has 8 atom stereocenters. The Bertz CT molecular complexity index is 2040. The number of ether oxygens (including phenoxy) is 2. The van der Waals surface area contributed by atoms with Gasteiger partial charge >= 0.3 is 5.97 Å². The molecule has 12 heteroatoms. The number of carboxylic acids is 1. The zero-order valence-electron chi connectivity index (χ0n) is 36.4. The molecule has 1 aliphatic heterocycles. The van der Waals surface area contributed by atoms with Crippen LogP contribution in [0.3, 0.4) is 0 Å². The molecule has 4 aliphatic rings. The van der Waals surface area contributed by atoms with E-state index < -0.39 is 34.9 Å². The first-order valence-corrected chi connectivity index (χ1v) is 22.0. The van der Waals surface area contributed by atoms with E-state index in [0.29, 0.717) is 60.5 Å². The smallest absolute Gasteiger partial charge is 0.310 e. The van der Waals surface area contributed by atoms with Crippen LogP contribution >= 0.6 is 0 Å². The fraction of sp³-hybridized carbons (Fsp3) is 0.660. The normalized spacial score (nSPS) is 26.6. The third kappa shape index (κ3) is 9.68. The minimum Gasteiger partial charge on any atom is -0.492 e. The van der Waals surface area contributed by atoms with Gasteiger partial charge in [-0.25, -0.2) is 9.67 Å². The molecule has 4 fully saturated rings. The average molecular weight is 812 g/mol. The van der Waals surface area contributed by atoms with Crippen molar-refractivity contribution in [2.75, 3.05) is 33.8 Å². The Morgan fingerprint density at radius 1 is 1.03 bits per heavy atom. The van der Waals surface area contributed by atoms with E-state index in [2.05, 4.69) is 18.7 Å². The third-order valence-electron chi connectivity index (χ3n) is 13.5. The molecule has 3 saturated carbocycles. The van der Waals surface area contributed by atoms with Crippen LogP contribution < -0.4 is 9.47 Å². The van der Waals surface area contributed by atoms with Crippen molar-refractivity contribution < 1.29 is 33.8 Å². The van der Waals surface area contributed by atoms with Crippen LogP contribution in [0.15, 0.2) is 36.5 Å². The number of carbonyl (C=O) groups is 4. The third-order valence-corrected chi connectivity index (χ3v) is 13.5. The lowest BCUT2D eigenvalue weighted by Gasteiger charge is -2.35. The van der Waals surface area contributed by atoms with Gasteiger partial charge in [-0.2, -0.15) is 5.10 Å². The topological polar surface area (TPSA) is 144 Å². The van der Waals surface area contributed by atoms with Gasteiger partial charge in [0.1, 0.15) is 30.0 Å². The molecule has 1 aromatic carbocycles. The van der Waals surface area contributed by atoms with Crippen molar-refractivity contribution in [3.8, 4) is 17.3 Å². The second kappa shape index (κ2) is 17.0. The number of hydrogen-bond acceptors (Lipinski definition) is 9. The molecule has 12 nitrogen and oxygen atoms in total. The highest BCUT2D eigenvalue weighted by Gasteiger charge is 2.61. The number of fused-ring (bicyclic) bond motifs is 2. The second-order valence-electron chi connectivity index (χ2n) is 20.0. The van der Waals surface area contributed by atoms with Gasteiger partial charge in [0.2, 0.25) is 5.91 Å². The summed E-state index contributed by atoms with van der Waals surface area (Å²) in [5.74, 6) is 2.04. The van der Waals surface area contributed by atoms with E-state index >= 15 is 0 Å². The van der Waals surface area contributed by atoms with Gasteiger partial charge < -0.3 is 24.4 Å². The Balaban J connectivity index is 1.19. The standard InChI is InChI=1S/C47H65N5O7/c1-9-32-25-47(32,45(56)57)26-41(54)40-23-36(27-51(40)44(55)38(46(4,5)6)21-34(53)19-29-17-30-20-31(30)18-29)59-42-24-43(52-13-12-33(49-52)16-28(2)3)48-39-22-35(10-11-37(39)42)58-15-14-50(7)8/h10-13,22,24,28-32,36,38,40H,9,14-21,23,25-27H2,1-8H3,(H,56,57)/t29?,30-,31?,32-,36?,38-,40+,47-/m1/s1. The van der Waals surface area contributed by atoms with Crippen LogP contribution in [0, 0.1) is 46.3 Å². The molecule has 2 aromatic heterocycles. The van der Waals surface area contributed by atoms with E-state index in [9.17, 15) is 24.3 Å². The predicted molar refractivity (Wildman–Crippen MR) is 226 cm³/mol. The number of hydrogen-bond donors (Lipinski definition) is 1. The van der Waals surface area contributed by atoms with Crippen molar-refractivity contribution in [1.29, 1.82) is 0 Å². The van der Waals surface area contributed by atoms with Crippen molar-refractivity contribution in [2.24, 2.45) is 46.3 Å². The molecule has 0 bridgehead atoms. The molecule has 1 amide bonds. The fourth-order valence-corrected chi connectivity index (χ4v) is 9.94. The summed E-state index contributed by atoms with van der Waals surface area (Å²) in [6, 6.07) is 8.66. The van der Waals surface area contributed by atoms with Crippen molar-refractivity contribution in [1.82, 2.24) is 24.6 Å². The van der Waals surface area contributed by atoms with Crippen LogP contribution in [-0.2, 0) is 25.6 Å². The Morgan fingerprint density at radius 2 is 1.78 bits per heavy atom. The molecule has 1 N–H and O–H groups in total. The van der Waals surface area contributed by atoms with E-state index in [1.165, 1.54) is 6.42 Å². The zero-order chi connectivity index (χ0) is 42.4. The lowest BCUT2D eigenvalue weighted by atomic mass is 9.75. The summed E-state index contributed by atoms with van der Waals surface area (Å²) in [7, 11) is 3.99. The maximum atomic E-state index is 14.9. The molecular formula is C47H65N5O7. The minimum absolute atomic E-state index is 0.0789. The number of amides is 1. The first-order valence-electron chi connectivity index (χ1n) is 22.0. The number of Topliss-reactive ketones (excluding diaryl/α,β-unsaturated/α-hetero) is 2. The van der Waals surface area contributed by atoms with E-state index in [0.717, 1.165) is 48.7 Å². The van der Waals surface area contributed by atoms with E-state index in [-0.39, 0.29) is 49.2 Å². The van der Waals surface area contributed by atoms with E-state index in [1.54, 1.807) is 9.58 Å². The van der Waals surface area contributed by atoms with Crippen LogP contribution in [-0.4, -0.2) is 99.1 Å². The van der Waals surface area contributed by atoms with Crippen LogP contribution in [0.1, 0.15) is 105 Å². The molecule has 3 aromatic rings. The largest absolute Gasteiger partial charge is 0.492 e. The summed E-state index contributed by atoms with van der Waals surface area (Å²) < 4.78 is 14.7. The van der Waals surface area contributed by atoms with Crippen LogP contribution in [0.4, 0.5) is 0 Å².